The summed E-state index contributed by atoms with van der Waals surface area (Å²) in [6.45, 7) is 1.65. The van der Waals surface area contributed by atoms with E-state index in [1.807, 2.05) is 6.07 Å². The number of Topliss-reactive ketones (excluding diaryl/α,β-unsaturated/α-hetero) is 1. The molecule has 84 valence electrons. The van der Waals surface area contributed by atoms with Crippen LogP contribution in [0.1, 0.15) is 33.2 Å². The minimum absolute atomic E-state index is 0.0918. The van der Waals surface area contributed by atoms with Crippen molar-refractivity contribution in [3.05, 3.63) is 46.5 Å². The molecule has 1 aliphatic carbocycles. The molecule has 0 saturated heterocycles. The van der Waals surface area contributed by atoms with E-state index in [-0.39, 0.29) is 26.5 Å². The first-order valence-corrected chi connectivity index (χ1v) is 7.11. The standard InChI is InChI=1S/C13H9NO2Se/c1-8-4-12(15)10-3-2-9(6-17-7-14)5-11(10)13(8)16/h2-5H,6H2,1H3. The van der Waals surface area contributed by atoms with Crippen molar-refractivity contribution >= 4 is 26.5 Å². The Hall–Kier alpha value is -1.69. The summed E-state index contributed by atoms with van der Waals surface area (Å²) in [6, 6.07) is 5.24. The van der Waals surface area contributed by atoms with Crippen LogP contribution in [0.15, 0.2) is 29.8 Å². The third kappa shape index (κ3) is 2.21. The number of fused-ring (bicyclic) bond motifs is 1. The second-order valence-corrected chi connectivity index (χ2v) is 5.38. The van der Waals surface area contributed by atoms with E-state index in [4.69, 9.17) is 5.26 Å². The first-order valence-electron chi connectivity index (χ1n) is 5.04. The van der Waals surface area contributed by atoms with Gasteiger partial charge >= 0.3 is 105 Å². The maximum absolute atomic E-state index is 11.9. The van der Waals surface area contributed by atoms with Crippen LogP contribution in [0.4, 0.5) is 0 Å². The van der Waals surface area contributed by atoms with Gasteiger partial charge in [-0.2, -0.15) is 0 Å². The molecule has 1 aromatic carbocycles. The zero-order valence-electron chi connectivity index (χ0n) is 9.19. The normalized spacial score (nSPS) is 14.0. The van der Waals surface area contributed by atoms with E-state index in [9.17, 15) is 9.59 Å². The Kier molecular flexibility index (Phi) is 3.23. The Balaban J connectivity index is 2.44. The summed E-state index contributed by atoms with van der Waals surface area (Å²) in [5.41, 5.74) is 2.36. The molecule has 0 fully saturated rings. The summed E-state index contributed by atoms with van der Waals surface area (Å²) in [7, 11) is 0. The zero-order valence-corrected chi connectivity index (χ0v) is 10.9. The number of rotatable bonds is 2. The molecular formula is C13H9NO2Se. The Morgan fingerprint density at radius 1 is 1.29 bits per heavy atom. The monoisotopic (exact) mass is 291 g/mol. The summed E-state index contributed by atoms with van der Waals surface area (Å²) in [4.78, 5) is 25.7. The van der Waals surface area contributed by atoms with Crippen LogP contribution in [-0.4, -0.2) is 26.5 Å². The summed E-state index contributed by atoms with van der Waals surface area (Å²) < 4.78 is 0. The molecular weight excluding hydrogens is 281 g/mol. The predicted molar refractivity (Wildman–Crippen MR) is 63.9 cm³/mol. The van der Waals surface area contributed by atoms with Crippen LogP contribution in [0.3, 0.4) is 0 Å². The average molecular weight is 290 g/mol. The second-order valence-electron chi connectivity index (χ2n) is 3.78. The summed E-state index contributed by atoms with van der Waals surface area (Å²) in [5.74, 6) is -0.208. The van der Waals surface area contributed by atoms with Crippen molar-refractivity contribution in [3.63, 3.8) is 0 Å². The van der Waals surface area contributed by atoms with E-state index < -0.39 is 0 Å². The van der Waals surface area contributed by atoms with Crippen LogP contribution in [0.2, 0.25) is 0 Å². The molecule has 0 heterocycles. The number of hydrogen-bond acceptors (Lipinski definition) is 3. The predicted octanol–water partition coefficient (Wildman–Crippen LogP) is 1.70. The number of benzene rings is 1. The van der Waals surface area contributed by atoms with E-state index in [1.165, 1.54) is 6.08 Å². The molecule has 0 aliphatic heterocycles. The Bertz CT molecular complexity index is 582. The van der Waals surface area contributed by atoms with E-state index in [1.54, 1.807) is 19.1 Å². The summed E-state index contributed by atoms with van der Waals surface area (Å²) >= 11 is -0.110. The van der Waals surface area contributed by atoms with E-state index in [2.05, 4.69) is 4.97 Å². The van der Waals surface area contributed by atoms with Crippen LogP contribution >= 0.6 is 0 Å². The molecule has 0 bridgehead atoms. The molecule has 2 rings (SSSR count). The number of carbonyl (C=O) groups is 2. The number of nitrogens with zero attached hydrogens (tertiary/aromatic N) is 1. The van der Waals surface area contributed by atoms with E-state index in [0.29, 0.717) is 22.0 Å². The SMILES string of the molecule is CC1=CC(=O)c2ccc(C[Se]C#N)cc2C1=O. The van der Waals surface area contributed by atoms with Crippen molar-refractivity contribution in [2.45, 2.75) is 12.2 Å². The molecule has 0 radical (unpaired) electrons. The van der Waals surface area contributed by atoms with Crippen molar-refractivity contribution in [3.8, 4) is 4.97 Å². The van der Waals surface area contributed by atoms with Crippen molar-refractivity contribution < 1.29 is 9.59 Å². The van der Waals surface area contributed by atoms with Gasteiger partial charge in [0.1, 0.15) is 0 Å². The Morgan fingerprint density at radius 3 is 2.76 bits per heavy atom. The van der Waals surface area contributed by atoms with Crippen molar-refractivity contribution in [1.29, 1.82) is 5.26 Å². The zero-order chi connectivity index (χ0) is 12.4. The van der Waals surface area contributed by atoms with Crippen molar-refractivity contribution in [2.24, 2.45) is 0 Å². The van der Waals surface area contributed by atoms with Gasteiger partial charge in [0.05, 0.1) is 0 Å². The third-order valence-corrected chi connectivity index (χ3v) is 3.88. The molecule has 17 heavy (non-hydrogen) atoms. The molecule has 0 saturated carbocycles. The van der Waals surface area contributed by atoms with Gasteiger partial charge in [-0.05, 0) is 0 Å². The number of ketones is 2. The second kappa shape index (κ2) is 4.67. The van der Waals surface area contributed by atoms with Gasteiger partial charge in [-0.1, -0.05) is 0 Å². The van der Waals surface area contributed by atoms with Gasteiger partial charge in [-0.25, -0.2) is 0 Å². The number of hydrogen-bond donors (Lipinski definition) is 0. The first kappa shape index (κ1) is 11.8. The first-order chi connectivity index (χ1) is 8.13. The van der Waals surface area contributed by atoms with Crippen molar-refractivity contribution in [1.82, 2.24) is 0 Å². The molecule has 0 aromatic heterocycles. The summed E-state index contributed by atoms with van der Waals surface area (Å²) in [5, 5.41) is 9.22. The number of allylic oxidation sites excluding steroid dienone is 2. The topological polar surface area (TPSA) is 57.9 Å². The minimum atomic E-state index is -0.116. The fourth-order valence-electron chi connectivity index (χ4n) is 1.75. The molecule has 1 aliphatic rings. The summed E-state index contributed by atoms with van der Waals surface area (Å²) in [6.07, 6.45) is 1.38. The number of carbonyl (C=O) groups excluding carboxylic acids is 2. The van der Waals surface area contributed by atoms with Crippen LogP contribution in [0.5, 0.6) is 0 Å². The van der Waals surface area contributed by atoms with Crippen LogP contribution in [-0.2, 0) is 5.32 Å². The Morgan fingerprint density at radius 2 is 2.06 bits per heavy atom. The van der Waals surface area contributed by atoms with Gasteiger partial charge < -0.3 is 0 Å². The van der Waals surface area contributed by atoms with Crippen molar-refractivity contribution in [2.75, 3.05) is 0 Å². The van der Waals surface area contributed by atoms with Gasteiger partial charge in [-0.15, -0.1) is 0 Å². The quantitative estimate of drug-likeness (QED) is 0.779. The fourth-order valence-corrected chi connectivity index (χ4v) is 2.61. The third-order valence-electron chi connectivity index (χ3n) is 2.60. The van der Waals surface area contributed by atoms with Gasteiger partial charge in [0, 0.05) is 0 Å². The number of nitriles is 1. The maximum atomic E-state index is 11.9. The van der Waals surface area contributed by atoms with Crippen LogP contribution < -0.4 is 0 Å². The van der Waals surface area contributed by atoms with Crippen LogP contribution in [0.25, 0.3) is 0 Å². The van der Waals surface area contributed by atoms with Gasteiger partial charge in [-0.3, -0.25) is 0 Å². The molecule has 1 aromatic rings. The molecule has 0 atom stereocenters. The average Bonchev–Trinajstić information content (AvgIpc) is 2.33. The van der Waals surface area contributed by atoms with Gasteiger partial charge in [0.15, 0.2) is 0 Å². The van der Waals surface area contributed by atoms with Gasteiger partial charge in [0.2, 0.25) is 0 Å². The molecule has 4 heteroatoms. The van der Waals surface area contributed by atoms with Crippen LogP contribution in [0, 0.1) is 10.2 Å². The molecule has 0 amide bonds. The Labute approximate surface area is 105 Å². The van der Waals surface area contributed by atoms with E-state index >= 15 is 0 Å². The molecule has 0 N–H and O–H groups in total. The molecule has 3 nitrogen and oxygen atoms in total. The molecule has 0 spiro atoms. The molecule has 0 unspecified atom stereocenters. The van der Waals surface area contributed by atoms with Gasteiger partial charge in [0.25, 0.3) is 0 Å². The van der Waals surface area contributed by atoms with E-state index in [0.717, 1.165) is 5.56 Å². The fraction of sp³-hybridized carbons (Fsp3) is 0.154.